The number of primary amides is 1. The van der Waals surface area contributed by atoms with Gasteiger partial charge < -0.3 is 20.4 Å². The predicted octanol–water partition coefficient (Wildman–Crippen LogP) is 2.65. The Balaban J connectivity index is 1.78. The number of nitrogens with one attached hydrogen (secondary N) is 1. The van der Waals surface area contributed by atoms with Crippen molar-refractivity contribution in [2.75, 3.05) is 18.0 Å². The SMILES string of the molecule is CC(C)(C)C(OC(N)=O)C1CCN(c2ccnc3[nH]c(=O)ccc23)CC1. The highest BCUT2D eigenvalue weighted by molar-refractivity contribution is 5.89. The number of hydrogen-bond acceptors (Lipinski definition) is 5. The van der Waals surface area contributed by atoms with E-state index in [2.05, 4.69) is 35.6 Å². The number of H-pyrrole nitrogens is 1. The highest BCUT2D eigenvalue weighted by Crippen LogP contribution is 2.36. The Morgan fingerprint density at radius 3 is 2.62 bits per heavy atom. The molecule has 0 spiro atoms. The lowest BCUT2D eigenvalue weighted by Gasteiger charge is -2.41. The summed E-state index contributed by atoms with van der Waals surface area (Å²) in [6.07, 6.45) is 2.61. The van der Waals surface area contributed by atoms with Crippen LogP contribution in [0.25, 0.3) is 11.0 Å². The number of carbonyl (C=O) groups excluding carboxylic acids is 1. The van der Waals surface area contributed by atoms with E-state index in [9.17, 15) is 9.59 Å². The number of nitrogens with zero attached hydrogens (tertiary/aromatic N) is 2. The summed E-state index contributed by atoms with van der Waals surface area (Å²) in [6.45, 7) is 7.90. The van der Waals surface area contributed by atoms with Crippen LogP contribution in [0.1, 0.15) is 33.6 Å². The molecular weight excluding hydrogens is 332 g/mol. The molecule has 2 aromatic heterocycles. The molecule has 140 valence electrons. The van der Waals surface area contributed by atoms with Gasteiger partial charge in [-0.1, -0.05) is 20.8 Å². The molecule has 26 heavy (non-hydrogen) atoms. The van der Waals surface area contributed by atoms with E-state index in [4.69, 9.17) is 10.5 Å². The Labute approximate surface area is 152 Å². The van der Waals surface area contributed by atoms with Crippen molar-refractivity contribution in [1.82, 2.24) is 9.97 Å². The summed E-state index contributed by atoms with van der Waals surface area (Å²) in [5, 5.41) is 0.936. The van der Waals surface area contributed by atoms with Gasteiger partial charge in [0, 0.05) is 36.4 Å². The summed E-state index contributed by atoms with van der Waals surface area (Å²) >= 11 is 0. The zero-order valence-corrected chi connectivity index (χ0v) is 15.5. The van der Waals surface area contributed by atoms with E-state index in [0.717, 1.165) is 37.0 Å². The van der Waals surface area contributed by atoms with Crippen LogP contribution in [0.3, 0.4) is 0 Å². The summed E-state index contributed by atoms with van der Waals surface area (Å²) < 4.78 is 5.45. The van der Waals surface area contributed by atoms with Gasteiger partial charge in [0.15, 0.2) is 0 Å². The first kappa shape index (κ1) is 18.2. The highest BCUT2D eigenvalue weighted by atomic mass is 16.6. The van der Waals surface area contributed by atoms with Gasteiger partial charge in [-0.2, -0.15) is 0 Å². The van der Waals surface area contributed by atoms with Crippen molar-refractivity contribution >= 4 is 22.8 Å². The number of amides is 1. The van der Waals surface area contributed by atoms with Gasteiger partial charge in [0.05, 0.1) is 0 Å². The molecule has 1 aliphatic heterocycles. The topological polar surface area (TPSA) is 101 Å². The molecular formula is C19H26N4O3. The third kappa shape index (κ3) is 3.81. The summed E-state index contributed by atoms with van der Waals surface area (Å²) in [5.41, 5.74) is 6.63. The average Bonchev–Trinajstić information content (AvgIpc) is 2.58. The first-order valence-electron chi connectivity index (χ1n) is 8.95. The van der Waals surface area contributed by atoms with Crippen molar-refractivity contribution in [2.24, 2.45) is 17.1 Å². The second-order valence-electron chi connectivity index (χ2n) is 7.96. The van der Waals surface area contributed by atoms with Crippen LogP contribution < -0.4 is 16.2 Å². The van der Waals surface area contributed by atoms with E-state index < -0.39 is 6.09 Å². The van der Waals surface area contributed by atoms with E-state index in [0.29, 0.717) is 5.65 Å². The lowest BCUT2D eigenvalue weighted by Crippen LogP contribution is -2.45. The third-order valence-electron chi connectivity index (χ3n) is 5.02. The Bertz CT molecular complexity index is 848. The van der Waals surface area contributed by atoms with E-state index >= 15 is 0 Å². The maximum Gasteiger partial charge on any atom is 0.404 e. The Kier molecular flexibility index (Phi) is 4.89. The smallest absolute Gasteiger partial charge is 0.404 e. The number of anilines is 1. The lowest BCUT2D eigenvalue weighted by atomic mass is 9.77. The van der Waals surface area contributed by atoms with Crippen molar-refractivity contribution in [2.45, 2.75) is 39.7 Å². The average molecular weight is 358 g/mol. The molecule has 0 radical (unpaired) electrons. The van der Waals surface area contributed by atoms with Crippen molar-refractivity contribution in [3.63, 3.8) is 0 Å². The van der Waals surface area contributed by atoms with Gasteiger partial charge in [0.25, 0.3) is 0 Å². The van der Waals surface area contributed by atoms with E-state index in [1.54, 1.807) is 6.20 Å². The second kappa shape index (κ2) is 6.97. The number of aromatic amines is 1. The molecule has 0 saturated carbocycles. The van der Waals surface area contributed by atoms with E-state index in [1.165, 1.54) is 6.07 Å². The highest BCUT2D eigenvalue weighted by Gasteiger charge is 2.37. The molecule has 1 amide bonds. The fraction of sp³-hybridized carbons (Fsp3) is 0.526. The van der Waals surface area contributed by atoms with Gasteiger partial charge in [-0.15, -0.1) is 0 Å². The van der Waals surface area contributed by atoms with Gasteiger partial charge in [-0.05, 0) is 36.3 Å². The second-order valence-corrected chi connectivity index (χ2v) is 7.96. The summed E-state index contributed by atoms with van der Waals surface area (Å²) in [4.78, 5) is 32.1. The number of rotatable bonds is 3. The fourth-order valence-corrected chi connectivity index (χ4v) is 3.87. The molecule has 1 aliphatic rings. The molecule has 0 aromatic carbocycles. The van der Waals surface area contributed by atoms with Crippen LogP contribution in [-0.4, -0.2) is 35.3 Å². The Morgan fingerprint density at radius 2 is 2.00 bits per heavy atom. The van der Waals surface area contributed by atoms with Crippen LogP contribution in [0.2, 0.25) is 0 Å². The Morgan fingerprint density at radius 1 is 1.31 bits per heavy atom. The monoisotopic (exact) mass is 358 g/mol. The first-order chi connectivity index (χ1) is 12.3. The summed E-state index contributed by atoms with van der Waals surface area (Å²) in [6, 6.07) is 5.31. The minimum Gasteiger partial charge on any atom is -0.446 e. The number of pyridine rings is 2. The largest absolute Gasteiger partial charge is 0.446 e. The molecule has 0 bridgehead atoms. The maximum absolute atomic E-state index is 11.5. The standard InChI is InChI=1S/C19H26N4O3/c1-19(2,3)16(26-18(20)25)12-7-10-23(11-8-12)14-6-9-21-17-13(14)4-5-15(24)22-17/h4-6,9,12,16H,7-8,10-11H2,1-3H3,(H2,20,25)(H,21,22,24). The van der Waals surface area contributed by atoms with Crippen LogP contribution in [0.5, 0.6) is 0 Å². The molecule has 3 rings (SSSR count). The van der Waals surface area contributed by atoms with Crippen molar-refractivity contribution in [1.29, 1.82) is 0 Å². The molecule has 1 fully saturated rings. The Hall–Kier alpha value is -2.57. The molecule has 7 nitrogen and oxygen atoms in total. The normalized spacial score (nSPS) is 17.3. The molecule has 0 aliphatic carbocycles. The molecule has 1 unspecified atom stereocenters. The minimum absolute atomic E-state index is 0.155. The lowest BCUT2D eigenvalue weighted by molar-refractivity contribution is -0.0108. The number of hydrogen-bond donors (Lipinski definition) is 2. The maximum atomic E-state index is 11.5. The van der Waals surface area contributed by atoms with Gasteiger partial charge in [0.2, 0.25) is 5.56 Å². The van der Waals surface area contributed by atoms with Crippen LogP contribution in [0, 0.1) is 11.3 Å². The van der Waals surface area contributed by atoms with Gasteiger partial charge in [0.1, 0.15) is 11.8 Å². The molecule has 7 heteroatoms. The summed E-state index contributed by atoms with van der Waals surface area (Å²) in [5.74, 6) is 0.270. The first-order valence-corrected chi connectivity index (χ1v) is 8.95. The van der Waals surface area contributed by atoms with Gasteiger partial charge >= 0.3 is 6.09 Å². The van der Waals surface area contributed by atoms with Crippen molar-refractivity contribution in [3.05, 3.63) is 34.7 Å². The fourth-order valence-electron chi connectivity index (χ4n) is 3.87. The molecule has 1 saturated heterocycles. The zero-order chi connectivity index (χ0) is 18.9. The minimum atomic E-state index is -0.712. The van der Waals surface area contributed by atoms with Crippen LogP contribution in [-0.2, 0) is 4.74 Å². The molecule has 3 heterocycles. The van der Waals surface area contributed by atoms with Crippen molar-refractivity contribution < 1.29 is 9.53 Å². The quantitative estimate of drug-likeness (QED) is 0.878. The molecule has 2 aromatic rings. The van der Waals surface area contributed by atoms with Crippen LogP contribution in [0.4, 0.5) is 10.5 Å². The van der Waals surface area contributed by atoms with Crippen molar-refractivity contribution in [3.8, 4) is 0 Å². The number of nitrogens with two attached hydrogens (primary N) is 1. The van der Waals surface area contributed by atoms with E-state index in [-0.39, 0.29) is 23.0 Å². The zero-order valence-electron chi connectivity index (χ0n) is 15.5. The molecule has 1 atom stereocenters. The number of piperidine rings is 1. The van der Waals surface area contributed by atoms with Crippen LogP contribution in [0.15, 0.2) is 29.2 Å². The predicted molar refractivity (Wildman–Crippen MR) is 101 cm³/mol. The van der Waals surface area contributed by atoms with Gasteiger partial charge in [-0.3, -0.25) is 4.79 Å². The van der Waals surface area contributed by atoms with E-state index in [1.807, 2.05) is 12.1 Å². The number of carbonyl (C=O) groups is 1. The molecule has 3 N–H and O–H groups in total. The third-order valence-corrected chi connectivity index (χ3v) is 5.02. The van der Waals surface area contributed by atoms with Crippen LogP contribution >= 0.6 is 0 Å². The van der Waals surface area contributed by atoms with Gasteiger partial charge in [-0.25, -0.2) is 9.78 Å². The number of ether oxygens (including phenoxy) is 1. The number of aromatic nitrogens is 2. The number of fused-ring (bicyclic) bond motifs is 1. The summed E-state index contributed by atoms with van der Waals surface area (Å²) in [7, 11) is 0.